The standard InChI is InChI=1S/C21H21ClN4O/c1-26-10-9-20(27-17-4-2-3-16(22)12-17)18-6-5-14(11-15(18)13-26)19-7-8-21(23)25-24-19/h2-8,11-12,20H,9-10,13H2,1H3,(H2,23,25). The maximum Gasteiger partial charge on any atom is 0.146 e. The average Bonchev–Trinajstić information content (AvgIpc) is 2.80. The van der Waals surface area contributed by atoms with E-state index >= 15 is 0 Å². The molecule has 1 aliphatic rings. The maximum absolute atomic E-state index is 6.30. The molecule has 1 aromatic heterocycles. The van der Waals surface area contributed by atoms with Crippen molar-refractivity contribution in [3.63, 3.8) is 0 Å². The molecular formula is C21H21ClN4O. The van der Waals surface area contributed by atoms with Crippen LogP contribution in [-0.2, 0) is 6.54 Å². The Morgan fingerprint density at radius 1 is 1.11 bits per heavy atom. The molecule has 0 amide bonds. The van der Waals surface area contributed by atoms with E-state index in [0.29, 0.717) is 10.8 Å². The first kappa shape index (κ1) is 17.8. The van der Waals surface area contributed by atoms with Gasteiger partial charge in [-0.3, -0.25) is 0 Å². The zero-order valence-electron chi connectivity index (χ0n) is 15.1. The fourth-order valence-electron chi connectivity index (χ4n) is 3.40. The third kappa shape index (κ3) is 4.04. The van der Waals surface area contributed by atoms with Crippen molar-refractivity contribution < 1.29 is 4.74 Å². The van der Waals surface area contributed by atoms with Gasteiger partial charge in [-0.1, -0.05) is 29.8 Å². The van der Waals surface area contributed by atoms with Crippen LogP contribution < -0.4 is 10.5 Å². The third-order valence-electron chi connectivity index (χ3n) is 4.76. The van der Waals surface area contributed by atoms with Crippen LogP contribution in [0.5, 0.6) is 5.75 Å². The molecule has 6 heteroatoms. The molecule has 1 unspecified atom stereocenters. The zero-order chi connectivity index (χ0) is 18.8. The highest BCUT2D eigenvalue weighted by Gasteiger charge is 2.23. The first-order valence-corrected chi connectivity index (χ1v) is 9.29. The van der Waals surface area contributed by atoms with Crippen LogP contribution in [0.3, 0.4) is 0 Å². The topological polar surface area (TPSA) is 64.3 Å². The number of rotatable bonds is 3. The number of nitrogen functional groups attached to an aromatic ring is 1. The SMILES string of the molecule is CN1CCC(Oc2cccc(Cl)c2)c2ccc(-c3ccc(N)nn3)cc2C1. The number of hydrogen-bond acceptors (Lipinski definition) is 5. The largest absolute Gasteiger partial charge is 0.486 e. The van der Waals surface area contributed by atoms with E-state index in [1.54, 1.807) is 6.07 Å². The van der Waals surface area contributed by atoms with E-state index in [4.69, 9.17) is 22.1 Å². The second-order valence-corrected chi connectivity index (χ2v) is 7.28. The van der Waals surface area contributed by atoms with Crippen LogP contribution in [0.15, 0.2) is 54.6 Å². The van der Waals surface area contributed by atoms with Crippen molar-refractivity contribution in [2.24, 2.45) is 0 Å². The zero-order valence-corrected chi connectivity index (χ0v) is 15.9. The lowest BCUT2D eigenvalue weighted by atomic mass is 9.97. The Labute approximate surface area is 163 Å². The van der Waals surface area contributed by atoms with Gasteiger partial charge < -0.3 is 15.4 Å². The van der Waals surface area contributed by atoms with E-state index < -0.39 is 0 Å². The van der Waals surface area contributed by atoms with Gasteiger partial charge in [0.2, 0.25) is 0 Å². The number of halogens is 1. The molecule has 27 heavy (non-hydrogen) atoms. The molecule has 1 atom stereocenters. The molecular weight excluding hydrogens is 360 g/mol. The summed E-state index contributed by atoms with van der Waals surface area (Å²) in [5, 5.41) is 8.84. The number of nitrogens with zero attached hydrogens (tertiary/aromatic N) is 3. The molecule has 0 bridgehead atoms. The van der Waals surface area contributed by atoms with Gasteiger partial charge in [-0.2, -0.15) is 0 Å². The molecule has 138 valence electrons. The molecule has 0 saturated carbocycles. The van der Waals surface area contributed by atoms with Gasteiger partial charge in [0.25, 0.3) is 0 Å². The van der Waals surface area contributed by atoms with Crippen LogP contribution in [0.4, 0.5) is 5.82 Å². The molecule has 2 heterocycles. The fourth-order valence-corrected chi connectivity index (χ4v) is 3.58. The van der Waals surface area contributed by atoms with Crippen LogP contribution in [0.25, 0.3) is 11.3 Å². The molecule has 0 fully saturated rings. The van der Waals surface area contributed by atoms with E-state index in [2.05, 4.69) is 40.3 Å². The Kier molecular flexibility index (Phi) is 4.97. The van der Waals surface area contributed by atoms with E-state index in [9.17, 15) is 0 Å². The van der Waals surface area contributed by atoms with Crippen LogP contribution in [0, 0.1) is 0 Å². The highest BCUT2D eigenvalue weighted by atomic mass is 35.5. The molecule has 0 aliphatic carbocycles. The van der Waals surface area contributed by atoms with Gasteiger partial charge >= 0.3 is 0 Å². The molecule has 0 saturated heterocycles. The lowest BCUT2D eigenvalue weighted by Gasteiger charge is -2.20. The van der Waals surface area contributed by atoms with Crippen molar-refractivity contribution in [3.05, 3.63) is 70.7 Å². The van der Waals surface area contributed by atoms with Crippen molar-refractivity contribution in [1.29, 1.82) is 0 Å². The van der Waals surface area contributed by atoms with Crippen molar-refractivity contribution in [2.75, 3.05) is 19.3 Å². The van der Waals surface area contributed by atoms with Gasteiger partial charge in [-0.25, -0.2) is 0 Å². The minimum absolute atomic E-state index is 0.0185. The maximum atomic E-state index is 6.30. The van der Waals surface area contributed by atoms with E-state index in [0.717, 1.165) is 36.5 Å². The Bertz CT molecular complexity index is 945. The molecule has 4 rings (SSSR count). The first-order valence-electron chi connectivity index (χ1n) is 8.91. The number of ether oxygens (including phenoxy) is 1. The smallest absolute Gasteiger partial charge is 0.146 e. The number of benzene rings is 2. The Morgan fingerprint density at radius 2 is 2.00 bits per heavy atom. The van der Waals surface area contributed by atoms with E-state index in [1.807, 2.05) is 30.3 Å². The predicted octanol–water partition coefficient (Wildman–Crippen LogP) is 4.33. The van der Waals surface area contributed by atoms with Crippen LogP contribution in [0.2, 0.25) is 5.02 Å². The first-order chi connectivity index (χ1) is 13.1. The summed E-state index contributed by atoms with van der Waals surface area (Å²) in [6.07, 6.45) is 0.895. The summed E-state index contributed by atoms with van der Waals surface area (Å²) >= 11 is 6.11. The minimum atomic E-state index is -0.0185. The summed E-state index contributed by atoms with van der Waals surface area (Å²) < 4.78 is 6.30. The molecule has 0 radical (unpaired) electrons. The normalized spacial score (nSPS) is 17.2. The Hall–Kier alpha value is -2.63. The summed E-state index contributed by atoms with van der Waals surface area (Å²) in [5.74, 6) is 1.21. The highest BCUT2D eigenvalue weighted by molar-refractivity contribution is 6.30. The monoisotopic (exact) mass is 380 g/mol. The van der Waals surface area contributed by atoms with Crippen LogP contribution >= 0.6 is 11.6 Å². The van der Waals surface area contributed by atoms with Crippen molar-refractivity contribution >= 4 is 17.4 Å². The fraction of sp³-hybridized carbons (Fsp3) is 0.238. The van der Waals surface area contributed by atoms with Crippen molar-refractivity contribution in [3.8, 4) is 17.0 Å². The molecule has 2 N–H and O–H groups in total. The summed E-state index contributed by atoms with van der Waals surface area (Å²) in [5.41, 5.74) is 9.92. The lowest BCUT2D eigenvalue weighted by molar-refractivity contribution is 0.182. The van der Waals surface area contributed by atoms with Crippen LogP contribution in [0.1, 0.15) is 23.7 Å². The number of anilines is 1. The second-order valence-electron chi connectivity index (χ2n) is 6.85. The highest BCUT2D eigenvalue weighted by Crippen LogP contribution is 2.33. The van der Waals surface area contributed by atoms with E-state index in [-0.39, 0.29) is 6.10 Å². The number of aromatic nitrogens is 2. The van der Waals surface area contributed by atoms with Crippen LogP contribution in [-0.4, -0.2) is 28.7 Å². The average molecular weight is 381 g/mol. The molecule has 3 aromatic rings. The van der Waals surface area contributed by atoms with Gasteiger partial charge in [0, 0.05) is 30.1 Å². The summed E-state index contributed by atoms with van der Waals surface area (Å²) in [4.78, 5) is 2.30. The third-order valence-corrected chi connectivity index (χ3v) is 4.99. The summed E-state index contributed by atoms with van der Waals surface area (Å²) in [7, 11) is 2.13. The van der Waals surface area contributed by atoms with Gasteiger partial charge in [0.1, 0.15) is 17.7 Å². The Morgan fingerprint density at radius 3 is 2.78 bits per heavy atom. The lowest BCUT2D eigenvalue weighted by Crippen LogP contribution is -2.18. The molecule has 0 spiro atoms. The quantitative estimate of drug-likeness (QED) is 0.732. The predicted molar refractivity (Wildman–Crippen MR) is 108 cm³/mol. The van der Waals surface area contributed by atoms with E-state index in [1.165, 1.54) is 11.1 Å². The second kappa shape index (κ2) is 7.55. The molecule has 5 nitrogen and oxygen atoms in total. The van der Waals surface area contributed by atoms with Gasteiger partial charge in [0.05, 0.1) is 5.69 Å². The summed E-state index contributed by atoms with van der Waals surface area (Å²) in [6.45, 7) is 1.82. The Balaban J connectivity index is 1.68. The number of fused-ring (bicyclic) bond motifs is 1. The number of hydrogen-bond donors (Lipinski definition) is 1. The van der Waals surface area contributed by atoms with Crippen molar-refractivity contribution in [2.45, 2.75) is 19.1 Å². The summed E-state index contributed by atoms with van der Waals surface area (Å²) in [6, 6.07) is 17.6. The minimum Gasteiger partial charge on any atom is -0.486 e. The van der Waals surface area contributed by atoms with Gasteiger partial charge in [-0.05, 0) is 54.6 Å². The van der Waals surface area contributed by atoms with Crippen molar-refractivity contribution in [1.82, 2.24) is 15.1 Å². The van der Waals surface area contributed by atoms with Gasteiger partial charge in [-0.15, -0.1) is 10.2 Å². The molecule has 2 aromatic carbocycles. The molecule has 1 aliphatic heterocycles. The number of nitrogens with two attached hydrogens (primary N) is 1. The van der Waals surface area contributed by atoms with Gasteiger partial charge in [0.15, 0.2) is 0 Å².